The van der Waals surface area contributed by atoms with Crippen molar-refractivity contribution < 1.29 is 19.1 Å². The third-order valence-corrected chi connectivity index (χ3v) is 9.29. The fourth-order valence-electron chi connectivity index (χ4n) is 6.23. The molecule has 4 N–H and O–H groups in total. The second kappa shape index (κ2) is 10.3. The zero-order valence-electron chi connectivity index (χ0n) is 23.9. The van der Waals surface area contributed by atoms with Crippen LogP contribution >= 0.6 is 0 Å². The number of carbonyl (C=O) groups excluding carboxylic acids is 2. The van der Waals surface area contributed by atoms with Crippen LogP contribution in [0.3, 0.4) is 0 Å². The third kappa shape index (κ3) is 5.31. The number of hydrogen-bond acceptors (Lipinski definition) is 7. The SMILES string of the molecule is CC(C)(O)C(F)CNC(=O)c1cnc(-c2ccc3cc(C#N)cnn23)cc1NC12CCC(C(=O)NC3CC3)(CC1)CC2. The van der Waals surface area contributed by atoms with Gasteiger partial charge in [-0.25, -0.2) is 8.91 Å². The lowest BCUT2D eigenvalue weighted by molar-refractivity contribution is -0.137. The van der Waals surface area contributed by atoms with Crippen molar-refractivity contribution >= 4 is 23.0 Å². The van der Waals surface area contributed by atoms with Crippen LogP contribution in [0.2, 0.25) is 0 Å². The van der Waals surface area contributed by atoms with E-state index < -0.39 is 17.7 Å². The largest absolute Gasteiger partial charge is 0.387 e. The Labute approximate surface area is 243 Å². The van der Waals surface area contributed by atoms with E-state index >= 15 is 0 Å². The van der Waals surface area contributed by atoms with E-state index in [2.05, 4.69) is 32.1 Å². The minimum atomic E-state index is -1.65. The molecule has 10 nitrogen and oxygen atoms in total. The Morgan fingerprint density at radius 1 is 1.17 bits per heavy atom. The minimum absolute atomic E-state index is 0.185. The highest BCUT2D eigenvalue weighted by Crippen LogP contribution is 2.54. The van der Waals surface area contributed by atoms with Crippen molar-refractivity contribution in [3.05, 3.63) is 47.8 Å². The summed E-state index contributed by atoms with van der Waals surface area (Å²) >= 11 is 0. The van der Waals surface area contributed by atoms with E-state index in [9.17, 15) is 24.3 Å². The van der Waals surface area contributed by atoms with E-state index in [-0.39, 0.29) is 29.0 Å². The van der Waals surface area contributed by atoms with Gasteiger partial charge in [-0.05, 0) is 89.5 Å². The second-order valence-electron chi connectivity index (χ2n) is 12.8. The van der Waals surface area contributed by atoms with E-state index in [1.54, 1.807) is 10.6 Å². The lowest BCUT2D eigenvalue weighted by Crippen LogP contribution is -2.56. The molecule has 0 aliphatic heterocycles. The highest BCUT2D eigenvalue weighted by Gasteiger charge is 2.53. The Balaban J connectivity index is 1.29. The lowest BCUT2D eigenvalue weighted by Gasteiger charge is -2.53. The zero-order valence-corrected chi connectivity index (χ0v) is 23.9. The predicted octanol–water partition coefficient (Wildman–Crippen LogP) is 3.89. The fraction of sp³-hybridized carbons (Fsp3) is 0.516. The first-order valence-corrected chi connectivity index (χ1v) is 14.6. The molecule has 3 aromatic rings. The van der Waals surface area contributed by atoms with Crippen molar-refractivity contribution in [3.8, 4) is 17.5 Å². The summed E-state index contributed by atoms with van der Waals surface area (Å²) in [4.78, 5) is 31.0. The van der Waals surface area contributed by atoms with Crippen molar-refractivity contribution in [3.63, 3.8) is 0 Å². The molecule has 0 saturated heterocycles. The quantitative estimate of drug-likeness (QED) is 0.304. The van der Waals surface area contributed by atoms with Gasteiger partial charge in [0, 0.05) is 23.2 Å². The van der Waals surface area contributed by atoms with Crippen LogP contribution < -0.4 is 16.0 Å². The summed E-state index contributed by atoms with van der Waals surface area (Å²) in [5.74, 6) is -0.314. The van der Waals surface area contributed by atoms with Crippen molar-refractivity contribution in [1.29, 1.82) is 5.26 Å². The fourth-order valence-corrected chi connectivity index (χ4v) is 6.23. The monoisotopic (exact) mass is 573 g/mol. The molecule has 0 aromatic carbocycles. The molecule has 1 atom stereocenters. The smallest absolute Gasteiger partial charge is 0.255 e. The average molecular weight is 574 g/mol. The van der Waals surface area contributed by atoms with Gasteiger partial charge in [-0.2, -0.15) is 10.4 Å². The molecule has 7 rings (SSSR count). The first-order valence-electron chi connectivity index (χ1n) is 14.6. The van der Waals surface area contributed by atoms with Crippen LogP contribution in [0, 0.1) is 16.7 Å². The van der Waals surface area contributed by atoms with E-state index in [1.165, 1.54) is 26.2 Å². The number of nitrogens with one attached hydrogen (secondary N) is 3. The second-order valence-corrected chi connectivity index (χ2v) is 12.8. The highest BCUT2D eigenvalue weighted by atomic mass is 19.1. The van der Waals surface area contributed by atoms with Crippen LogP contribution in [-0.2, 0) is 4.79 Å². The normalized spacial score (nSPS) is 24.2. The number of nitrogens with zero attached hydrogens (tertiary/aromatic N) is 4. The van der Waals surface area contributed by atoms with Gasteiger partial charge in [0.25, 0.3) is 5.91 Å². The number of hydrogen-bond donors (Lipinski definition) is 4. The number of halogens is 1. The molecule has 220 valence electrons. The number of nitriles is 1. The topological polar surface area (TPSA) is 144 Å². The van der Waals surface area contributed by atoms with Crippen LogP contribution in [0.5, 0.6) is 0 Å². The number of rotatable bonds is 9. The van der Waals surface area contributed by atoms with Crippen molar-refractivity contribution in [2.75, 3.05) is 11.9 Å². The maximum Gasteiger partial charge on any atom is 0.255 e. The van der Waals surface area contributed by atoms with Gasteiger partial charge in [0.1, 0.15) is 12.2 Å². The van der Waals surface area contributed by atoms with Crippen LogP contribution in [0.15, 0.2) is 36.7 Å². The van der Waals surface area contributed by atoms with Gasteiger partial charge in [-0.3, -0.25) is 14.6 Å². The number of aromatic nitrogens is 3. The lowest BCUT2D eigenvalue weighted by atomic mass is 9.56. The molecule has 42 heavy (non-hydrogen) atoms. The van der Waals surface area contributed by atoms with Crippen LogP contribution in [0.25, 0.3) is 16.9 Å². The summed E-state index contributed by atoms with van der Waals surface area (Å²) in [7, 11) is 0. The van der Waals surface area contributed by atoms with Crippen molar-refractivity contribution in [2.24, 2.45) is 5.41 Å². The number of pyridine rings is 1. The van der Waals surface area contributed by atoms with Gasteiger partial charge in [-0.15, -0.1) is 0 Å². The Hall–Kier alpha value is -4.04. The number of alkyl halides is 1. The van der Waals surface area contributed by atoms with E-state index in [0.717, 1.165) is 56.9 Å². The van der Waals surface area contributed by atoms with Gasteiger partial charge in [0.05, 0.1) is 52.1 Å². The number of aliphatic hydroxyl groups is 1. The Morgan fingerprint density at radius 2 is 1.88 bits per heavy atom. The Morgan fingerprint density at radius 3 is 2.52 bits per heavy atom. The average Bonchev–Trinajstić information content (AvgIpc) is 3.70. The molecule has 0 radical (unpaired) electrons. The molecule has 11 heteroatoms. The first kappa shape index (κ1) is 28.1. The molecule has 2 amide bonds. The molecule has 3 aromatic heterocycles. The molecule has 4 saturated carbocycles. The van der Waals surface area contributed by atoms with Crippen molar-refractivity contribution in [1.82, 2.24) is 25.2 Å². The van der Waals surface area contributed by atoms with E-state index in [1.807, 2.05) is 18.2 Å². The molecule has 2 bridgehead atoms. The molecule has 3 heterocycles. The molecule has 4 aliphatic carbocycles. The summed E-state index contributed by atoms with van der Waals surface area (Å²) in [6, 6.07) is 9.69. The van der Waals surface area contributed by atoms with E-state index in [4.69, 9.17) is 0 Å². The Bertz CT molecular complexity index is 1560. The molecule has 1 unspecified atom stereocenters. The van der Waals surface area contributed by atoms with E-state index in [0.29, 0.717) is 28.7 Å². The number of carbonyl (C=O) groups is 2. The van der Waals surface area contributed by atoms with Gasteiger partial charge in [0.2, 0.25) is 5.91 Å². The summed E-state index contributed by atoms with van der Waals surface area (Å²) < 4.78 is 16.1. The summed E-state index contributed by atoms with van der Waals surface area (Å²) in [6.07, 6.45) is 8.16. The van der Waals surface area contributed by atoms with Gasteiger partial charge >= 0.3 is 0 Å². The summed E-state index contributed by atoms with van der Waals surface area (Å²) in [5, 5.41) is 33.1. The zero-order chi connectivity index (χ0) is 29.7. The third-order valence-electron chi connectivity index (χ3n) is 9.29. The standard InChI is InChI=1S/C31H36FN7O3/c1-29(2,42)26(32)18-35-27(40)22-17-34-24(25-6-5-21-13-19(15-33)16-36-39(21)25)14-23(22)38-31-10-7-30(8-11-31,9-12-31)28(41)37-20-3-4-20/h5-6,13-14,16-17,20,26,42H,3-4,7-12,18H2,1-2H3,(H,34,38)(H,35,40)(H,37,41). The van der Waals surface area contributed by atoms with Crippen LogP contribution in [0.4, 0.5) is 10.1 Å². The Kier molecular flexibility index (Phi) is 6.92. The van der Waals surface area contributed by atoms with Crippen LogP contribution in [-0.4, -0.2) is 61.4 Å². The highest BCUT2D eigenvalue weighted by molar-refractivity contribution is 6.00. The van der Waals surface area contributed by atoms with Gasteiger partial charge < -0.3 is 21.1 Å². The van der Waals surface area contributed by atoms with Gasteiger partial charge in [0.15, 0.2) is 0 Å². The first-order chi connectivity index (χ1) is 20.0. The number of fused-ring (bicyclic) bond motifs is 4. The molecular weight excluding hydrogens is 537 g/mol. The molecule has 4 fully saturated rings. The summed E-state index contributed by atoms with van der Waals surface area (Å²) in [6.45, 7) is 2.37. The summed E-state index contributed by atoms with van der Waals surface area (Å²) in [5.41, 5.74) is 1.09. The maximum absolute atomic E-state index is 14.5. The molecule has 4 aliphatic rings. The van der Waals surface area contributed by atoms with Crippen LogP contribution in [0.1, 0.15) is 81.1 Å². The molecular formula is C31H36FN7O3. The van der Waals surface area contributed by atoms with Gasteiger partial charge in [-0.1, -0.05) is 0 Å². The number of anilines is 1. The predicted molar refractivity (Wildman–Crippen MR) is 154 cm³/mol. The number of amides is 2. The molecule has 0 spiro atoms. The minimum Gasteiger partial charge on any atom is -0.387 e. The maximum atomic E-state index is 14.5. The van der Waals surface area contributed by atoms with Crippen molar-refractivity contribution in [2.45, 2.75) is 88.6 Å².